The van der Waals surface area contributed by atoms with E-state index in [4.69, 9.17) is 5.73 Å². The molecular weight excluding hydrogens is 442 g/mol. The smallest absolute Gasteiger partial charge is 0.383 e. The number of rotatable bonds is 2. The highest BCUT2D eigenvalue weighted by Gasteiger charge is 2.35. The largest absolute Gasteiger partial charge is 0.417 e. The molecule has 0 bridgehead atoms. The number of amides is 1. The number of hydrazine groups is 1. The lowest BCUT2D eigenvalue weighted by Gasteiger charge is -2.29. The molecule has 4 heterocycles. The Morgan fingerprint density at radius 1 is 1.18 bits per heavy atom. The average Bonchev–Trinajstić information content (AvgIpc) is 3.36. The van der Waals surface area contributed by atoms with Gasteiger partial charge in [0.05, 0.1) is 33.7 Å². The second-order valence-electron chi connectivity index (χ2n) is 7.78. The van der Waals surface area contributed by atoms with Crippen LogP contribution >= 0.6 is 0 Å². The number of benzene rings is 1. The number of aromatic nitrogens is 4. The van der Waals surface area contributed by atoms with Gasteiger partial charge in [-0.2, -0.15) is 18.3 Å². The Morgan fingerprint density at radius 2 is 1.94 bits per heavy atom. The maximum Gasteiger partial charge on any atom is 0.417 e. The molecule has 0 unspecified atom stereocenters. The number of nitrogens with zero attached hydrogens (tertiary/aromatic N) is 6. The Kier molecular flexibility index (Phi) is 4.45. The van der Waals surface area contributed by atoms with Crippen LogP contribution in [0.3, 0.4) is 0 Å². The zero-order valence-corrected chi connectivity index (χ0v) is 17.5. The first kappa shape index (κ1) is 20.9. The van der Waals surface area contributed by atoms with Crippen LogP contribution in [0.15, 0.2) is 30.6 Å². The van der Waals surface area contributed by atoms with Gasteiger partial charge in [-0.05, 0) is 24.1 Å². The van der Waals surface area contributed by atoms with Crippen molar-refractivity contribution in [1.29, 1.82) is 0 Å². The van der Waals surface area contributed by atoms with Gasteiger partial charge in [-0.3, -0.25) is 19.5 Å². The molecule has 0 atom stereocenters. The monoisotopic (exact) mass is 459 g/mol. The molecule has 1 aromatic carbocycles. The van der Waals surface area contributed by atoms with Crippen LogP contribution in [-0.4, -0.2) is 44.3 Å². The van der Waals surface area contributed by atoms with Crippen molar-refractivity contribution < 1.29 is 22.4 Å². The Hall–Kier alpha value is -3.96. The number of hydrogen-bond acceptors (Lipinski definition) is 6. The predicted octanol–water partition coefficient (Wildman–Crippen LogP) is 3.31. The molecule has 3 aromatic heterocycles. The normalized spacial score (nSPS) is 13.7. The third kappa shape index (κ3) is 3.20. The average molecular weight is 459 g/mol. The number of hydrogen-bond donors (Lipinski definition) is 1. The highest BCUT2D eigenvalue weighted by molar-refractivity contribution is 6.10. The molecule has 0 saturated heterocycles. The molecule has 170 valence electrons. The number of halogens is 4. The second kappa shape index (κ2) is 7.02. The van der Waals surface area contributed by atoms with Crippen LogP contribution in [0.2, 0.25) is 0 Å². The molecule has 0 radical (unpaired) electrons. The number of carbonyl (C=O) groups is 1. The van der Waals surface area contributed by atoms with Crippen molar-refractivity contribution in [3.63, 3.8) is 0 Å². The van der Waals surface area contributed by atoms with Crippen LogP contribution < -0.4 is 10.7 Å². The molecule has 2 N–H and O–H groups in total. The molecule has 33 heavy (non-hydrogen) atoms. The van der Waals surface area contributed by atoms with E-state index in [1.807, 2.05) is 0 Å². The zero-order chi connectivity index (χ0) is 23.7. The zero-order valence-electron chi connectivity index (χ0n) is 17.5. The van der Waals surface area contributed by atoms with Gasteiger partial charge in [0.1, 0.15) is 11.6 Å². The van der Waals surface area contributed by atoms with Crippen molar-refractivity contribution in [3.8, 4) is 0 Å². The van der Waals surface area contributed by atoms with Gasteiger partial charge in [0.15, 0.2) is 5.82 Å². The molecule has 8 nitrogen and oxygen atoms in total. The van der Waals surface area contributed by atoms with E-state index in [0.717, 1.165) is 23.3 Å². The van der Waals surface area contributed by atoms with Gasteiger partial charge < -0.3 is 5.73 Å². The minimum Gasteiger partial charge on any atom is -0.383 e. The number of nitrogen functional groups attached to an aromatic ring is 1. The van der Waals surface area contributed by atoms with E-state index in [2.05, 4.69) is 15.1 Å². The summed E-state index contributed by atoms with van der Waals surface area (Å²) >= 11 is 0. The molecular formula is C21H17F4N7O. The van der Waals surface area contributed by atoms with Crippen LogP contribution in [0.25, 0.3) is 21.8 Å². The van der Waals surface area contributed by atoms with Crippen LogP contribution in [0.5, 0.6) is 0 Å². The highest BCUT2D eigenvalue weighted by atomic mass is 19.4. The van der Waals surface area contributed by atoms with Crippen molar-refractivity contribution >= 4 is 39.3 Å². The third-order valence-electron chi connectivity index (χ3n) is 5.79. The molecule has 1 aliphatic rings. The SMILES string of the molecule is CN(C(=O)c1cc2c(cc1F)nc(N)c1cnn(C)c12)N1CCc2cc(C(F)(F)F)cnc21. The first-order valence-electron chi connectivity index (χ1n) is 9.88. The Morgan fingerprint density at radius 3 is 2.67 bits per heavy atom. The van der Waals surface area contributed by atoms with Crippen molar-refractivity contribution in [1.82, 2.24) is 24.8 Å². The summed E-state index contributed by atoms with van der Waals surface area (Å²) in [7, 11) is 3.11. The number of pyridine rings is 2. The molecule has 12 heteroatoms. The summed E-state index contributed by atoms with van der Waals surface area (Å²) in [6, 6.07) is 3.54. The van der Waals surface area contributed by atoms with Gasteiger partial charge >= 0.3 is 6.18 Å². The fraction of sp³-hybridized carbons (Fsp3) is 0.238. The van der Waals surface area contributed by atoms with Crippen molar-refractivity contribution in [3.05, 3.63) is 53.1 Å². The lowest BCUT2D eigenvalue weighted by molar-refractivity contribution is -0.137. The molecule has 1 amide bonds. The number of fused-ring (bicyclic) bond motifs is 4. The van der Waals surface area contributed by atoms with E-state index in [0.29, 0.717) is 21.9 Å². The minimum atomic E-state index is -4.51. The number of alkyl halides is 3. The number of carbonyl (C=O) groups excluding carboxylic acids is 1. The molecule has 4 aromatic rings. The van der Waals surface area contributed by atoms with Gasteiger partial charge in [0.25, 0.3) is 5.91 Å². The number of aryl methyl sites for hydroxylation is 1. The molecule has 0 spiro atoms. The predicted molar refractivity (Wildman–Crippen MR) is 113 cm³/mol. The van der Waals surface area contributed by atoms with Crippen molar-refractivity contribution in [2.75, 3.05) is 24.3 Å². The Balaban J connectivity index is 1.55. The Labute approximate surface area is 184 Å². The lowest BCUT2D eigenvalue weighted by atomic mass is 10.1. The summed E-state index contributed by atoms with van der Waals surface area (Å²) in [5, 5.41) is 7.81. The van der Waals surface area contributed by atoms with Crippen LogP contribution in [0.1, 0.15) is 21.5 Å². The first-order chi connectivity index (χ1) is 15.6. The van der Waals surface area contributed by atoms with Crippen molar-refractivity contribution in [2.45, 2.75) is 12.6 Å². The first-order valence-corrected chi connectivity index (χ1v) is 9.88. The van der Waals surface area contributed by atoms with Crippen LogP contribution in [0, 0.1) is 5.82 Å². The Bertz CT molecular complexity index is 1450. The minimum absolute atomic E-state index is 0.194. The lowest BCUT2D eigenvalue weighted by Crippen LogP contribution is -2.43. The van der Waals surface area contributed by atoms with E-state index in [9.17, 15) is 22.4 Å². The van der Waals surface area contributed by atoms with Gasteiger partial charge in [0.2, 0.25) is 0 Å². The third-order valence-corrected chi connectivity index (χ3v) is 5.79. The van der Waals surface area contributed by atoms with E-state index in [1.54, 1.807) is 11.7 Å². The summed E-state index contributed by atoms with van der Waals surface area (Å²) in [5.41, 5.74) is 6.10. The molecule has 5 rings (SSSR count). The van der Waals surface area contributed by atoms with Gasteiger partial charge in [-0.25, -0.2) is 14.4 Å². The quantitative estimate of drug-likeness (QED) is 0.463. The van der Waals surface area contributed by atoms with E-state index < -0.39 is 23.5 Å². The standard InChI is InChI=1S/C21H17F4N7O/c1-30-17-13-6-12(15(22)7-16(13)29-18(26)14(17)9-28-30)20(33)31(2)32-4-3-10-5-11(21(23,24)25)8-27-19(10)32/h5-9H,3-4H2,1-2H3,(H2,26,29). The second-order valence-corrected chi connectivity index (χ2v) is 7.78. The maximum atomic E-state index is 14.9. The summed E-state index contributed by atoms with van der Waals surface area (Å²) < 4.78 is 55.5. The molecule has 0 saturated carbocycles. The molecule has 0 aliphatic carbocycles. The fourth-order valence-electron chi connectivity index (χ4n) is 4.13. The van der Waals surface area contributed by atoms with Crippen LogP contribution in [0.4, 0.5) is 29.2 Å². The van der Waals surface area contributed by atoms with Gasteiger partial charge in [-0.15, -0.1) is 0 Å². The topological polar surface area (TPSA) is 93.2 Å². The number of anilines is 2. The van der Waals surface area contributed by atoms with Gasteiger partial charge in [-0.1, -0.05) is 0 Å². The summed E-state index contributed by atoms with van der Waals surface area (Å²) in [5.74, 6) is -1.06. The summed E-state index contributed by atoms with van der Waals surface area (Å²) in [6.07, 6.45) is -1.99. The van der Waals surface area contributed by atoms with Gasteiger partial charge in [0, 0.05) is 38.3 Å². The van der Waals surface area contributed by atoms with E-state index in [1.165, 1.54) is 24.3 Å². The maximum absolute atomic E-state index is 14.9. The molecule has 0 fully saturated rings. The fourth-order valence-corrected chi connectivity index (χ4v) is 4.13. The summed E-state index contributed by atoms with van der Waals surface area (Å²) in [6.45, 7) is 0.227. The highest BCUT2D eigenvalue weighted by Crippen LogP contribution is 2.35. The van der Waals surface area contributed by atoms with Crippen molar-refractivity contribution in [2.24, 2.45) is 7.05 Å². The molecule has 1 aliphatic heterocycles. The summed E-state index contributed by atoms with van der Waals surface area (Å²) in [4.78, 5) is 21.3. The van der Waals surface area contributed by atoms with E-state index >= 15 is 0 Å². The van der Waals surface area contributed by atoms with Crippen LogP contribution in [-0.2, 0) is 19.6 Å². The van der Waals surface area contributed by atoms with E-state index in [-0.39, 0.29) is 35.7 Å². The number of nitrogens with two attached hydrogens (primary N) is 1.